The molecule has 0 spiro atoms. The monoisotopic (exact) mass is 829 g/mol. The van der Waals surface area contributed by atoms with Crippen LogP contribution in [-0.4, -0.2) is 37.2 Å². The van der Waals surface area contributed by atoms with Gasteiger partial charge in [0.2, 0.25) is 0 Å². The van der Waals surface area contributed by atoms with Gasteiger partial charge in [-0.05, 0) is 77.0 Å². The standard InChI is InChI=1S/C54H84O6/c1-4-7-10-13-16-19-22-25-27-30-32-35-38-41-44-47-53(56)59-50-51(49-58-52(55)46-43-40-37-34-31-28-24-21-18-15-12-9-6-3)60-54(57)48-45-42-39-36-33-29-26-23-20-17-14-11-8-5-2/h7-13,15-22,24,28,31,34,37,51H,4-6,14,23,25-27,29-30,32-33,35-36,38-50H2,1-3H3/b10-7-,11-8-,12-9-,16-13-,18-15-,20-17-,22-19-,24-21-,31-28-,37-34-. The van der Waals surface area contributed by atoms with Crippen molar-refractivity contribution in [2.75, 3.05) is 13.2 Å². The summed E-state index contributed by atoms with van der Waals surface area (Å²) in [6.45, 7) is 6.15. The lowest BCUT2D eigenvalue weighted by Gasteiger charge is -2.18. The number of ether oxygens (including phenoxy) is 3. The molecule has 0 aliphatic heterocycles. The van der Waals surface area contributed by atoms with Crippen molar-refractivity contribution in [2.45, 2.75) is 187 Å². The van der Waals surface area contributed by atoms with Crippen LogP contribution in [0.2, 0.25) is 0 Å². The number of unbranched alkanes of at least 4 members (excludes halogenated alkanes) is 15. The Hall–Kier alpha value is -4.19. The number of esters is 3. The summed E-state index contributed by atoms with van der Waals surface area (Å²) in [5.74, 6) is -1.02. The fourth-order valence-corrected chi connectivity index (χ4v) is 5.92. The number of allylic oxidation sites excluding steroid dienone is 20. The highest BCUT2D eigenvalue weighted by molar-refractivity contribution is 5.71. The van der Waals surface area contributed by atoms with E-state index in [9.17, 15) is 14.4 Å². The summed E-state index contributed by atoms with van der Waals surface area (Å²) >= 11 is 0. The lowest BCUT2D eigenvalue weighted by Crippen LogP contribution is -2.30. The second-order valence-corrected chi connectivity index (χ2v) is 15.1. The van der Waals surface area contributed by atoms with Crippen molar-refractivity contribution >= 4 is 17.9 Å². The molecule has 0 saturated carbocycles. The Morgan fingerprint density at radius 3 is 1.18 bits per heavy atom. The van der Waals surface area contributed by atoms with Crippen molar-refractivity contribution in [2.24, 2.45) is 0 Å². The van der Waals surface area contributed by atoms with Gasteiger partial charge >= 0.3 is 17.9 Å². The molecule has 0 aromatic rings. The maximum absolute atomic E-state index is 12.8. The molecule has 0 aromatic heterocycles. The zero-order chi connectivity index (χ0) is 43.7. The van der Waals surface area contributed by atoms with E-state index in [1.165, 1.54) is 51.4 Å². The van der Waals surface area contributed by atoms with Gasteiger partial charge in [0.05, 0.1) is 0 Å². The second kappa shape index (κ2) is 47.5. The van der Waals surface area contributed by atoms with Gasteiger partial charge in [-0.2, -0.15) is 0 Å². The molecule has 0 radical (unpaired) electrons. The van der Waals surface area contributed by atoms with Gasteiger partial charge < -0.3 is 14.2 Å². The molecule has 336 valence electrons. The summed E-state index contributed by atoms with van der Waals surface area (Å²) in [7, 11) is 0. The van der Waals surface area contributed by atoms with Gasteiger partial charge in [-0.1, -0.05) is 206 Å². The van der Waals surface area contributed by atoms with Crippen LogP contribution < -0.4 is 0 Å². The highest BCUT2D eigenvalue weighted by Gasteiger charge is 2.19. The van der Waals surface area contributed by atoms with E-state index in [4.69, 9.17) is 14.2 Å². The zero-order valence-electron chi connectivity index (χ0n) is 38.2. The highest BCUT2D eigenvalue weighted by atomic mass is 16.6. The molecule has 6 heteroatoms. The van der Waals surface area contributed by atoms with E-state index in [2.05, 4.69) is 87.6 Å². The van der Waals surface area contributed by atoms with Crippen LogP contribution in [0.15, 0.2) is 122 Å². The topological polar surface area (TPSA) is 78.9 Å². The number of hydrogen-bond donors (Lipinski definition) is 0. The summed E-state index contributed by atoms with van der Waals surface area (Å²) in [5, 5.41) is 0. The van der Waals surface area contributed by atoms with E-state index in [1.807, 2.05) is 54.7 Å². The van der Waals surface area contributed by atoms with Crippen LogP contribution in [0.3, 0.4) is 0 Å². The maximum atomic E-state index is 12.8. The SMILES string of the molecule is CC\C=C/C=C\C=C/C=C\C=C/CCCC(=O)OCC(COC(=O)CCCCCCCCC\C=C/C=C\C=C/CC)OC(=O)CCCCCCCCC/C=C\C/C=C\CC. The molecule has 0 aliphatic rings. The number of hydrogen-bond acceptors (Lipinski definition) is 6. The van der Waals surface area contributed by atoms with Crippen molar-refractivity contribution in [3.05, 3.63) is 122 Å². The largest absolute Gasteiger partial charge is 0.462 e. The quantitative estimate of drug-likeness (QED) is 0.0201. The molecule has 0 aromatic carbocycles. The summed E-state index contributed by atoms with van der Waals surface area (Å²) in [4.78, 5) is 37.8. The maximum Gasteiger partial charge on any atom is 0.306 e. The lowest BCUT2D eigenvalue weighted by molar-refractivity contribution is -0.167. The van der Waals surface area contributed by atoms with E-state index in [-0.39, 0.29) is 37.5 Å². The van der Waals surface area contributed by atoms with E-state index in [1.54, 1.807) is 0 Å². The molecule has 0 heterocycles. The first-order chi connectivity index (χ1) is 29.5. The van der Waals surface area contributed by atoms with Crippen LogP contribution in [0.1, 0.15) is 181 Å². The van der Waals surface area contributed by atoms with Gasteiger partial charge in [0, 0.05) is 19.3 Å². The summed E-state index contributed by atoms with van der Waals surface area (Å²) in [5.41, 5.74) is 0. The minimum Gasteiger partial charge on any atom is -0.462 e. The molecule has 1 atom stereocenters. The molecule has 1 unspecified atom stereocenters. The normalized spacial score (nSPS) is 13.2. The summed E-state index contributed by atoms with van der Waals surface area (Å²) in [6, 6.07) is 0. The average Bonchev–Trinajstić information content (AvgIpc) is 3.24. The molecule has 0 aliphatic carbocycles. The van der Waals surface area contributed by atoms with Gasteiger partial charge in [-0.3, -0.25) is 14.4 Å². The summed E-state index contributed by atoms with van der Waals surface area (Å²) < 4.78 is 16.7. The minimum atomic E-state index is -0.818. The number of rotatable bonds is 40. The molecule has 0 rings (SSSR count). The molecule has 0 bridgehead atoms. The van der Waals surface area contributed by atoms with Crippen LogP contribution in [0.4, 0.5) is 0 Å². The third kappa shape index (κ3) is 44.9. The highest BCUT2D eigenvalue weighted by Crippen LogP contribution is 2.13. The smallest absolute Gasteiger partial charge is 0.306 e. The lowest BCUT2D eigenvalue weighted by atomic mass is 10.1. The molecule has 0 N–H and O–H groups in total. The van der Waals surface area contributed by atoms with Crippen molar-refractivity contribution < 1.29 is 28.6 Å². The van der Waals surface area contributed by atoms with Crippen molar-refractivity contribution in [1.29, 1.82) is 0 Å². The average molecular weight is 829 g/mol. The van der Waals surface area contributed by atoms with Crippen LogP contribution in [-0.2, 0) is 28.6 Å². The van der Waals surface area contributed by atoms with E-state index in [0.717, 1.165) is 83.5 Å². The van der Waals surface area contributed by atoms with Crippen LogP contribution in [0, 0.1) is 0 Å². The summed E-state index contributed by atoms with van der Waals surface area (Å²) in [6.07, 6.45) is 64.7. The molecule has 6 nitrogen and oxygen atoms in total. The minimum absolute atomic E-state index is 0.114. The first kappa shape index (κ1) is 55.8. The molecule has 60 heavy (non-hydrogen) atoms. The Balaban J connectivity index is 4.54. The fraction of sp³-hybridized carbons (Fsp3) is 0.574. The van der Waals surface area contributed by atoms with Gasteiger partial charge in [0.1, 0.15) is 13.2 Å². The Bertz CT molecular complexity index is 1320. The zero-order valence-corrected chi connectivity index (χ0v) is 38.2. The molecule has 0 fully saturated rings. The Kier molecular flexibility index (Phi) is 44.2. The first-order valence-electron chi connectivity index (χ1n) is 23.6. The third-order valence-corrected chi connectivity index (χ3v) is 9.38. The predicted molar refractivity (Wildman–Crippen MR) is 256 cm³/mol. The van der Waals surface area contributed by atoms with Gasteiger partial charge in [-0.15, -0.1) is 0 Å². The van der Waals surface area contributed by atoms with E-state index < -0.39 is 6.10 Å². The van der Waals surface area contributed by atoms with Crippen LogP contribution in [0.5, 0.6) is 0 Å². The molecule has 0 saturated heterocycles. The van der Waals surface area contributed by atoms with Crippen LogP contribution in [0.25, 0.3) is 0 Å². The second-order valence-electron chi connectivity index (χ2n) is 15.1. The molecular formula is C54H84O6. The number of carbonyl (C=O) groups is 3. The Morgan fingerprint density at radius 1 is 0.350 bits per heavy atom. The Morgan fingerprint density at radius 2 is 0.700 bits per heavy atom. The van der Waals surface area contributed by atoms with E-state index in [0.29, 0.717) is 19.3 Å². The predicted octanol–water partition coefficient (Wildman–Crippen LogP) is 15.4. The molecular weight excluding hydrogens is 745 g/mol. The van der Waals surface area contributed by atoms with Crippen molar-refractivity contribution in [3.8, 4) is 0 Å². The molecule has 0 amide bonds. The van der Waals surface area contributed by atoms with Crippen molar-refractivity contribution in [1.82, 2.24) is 0 Å². The van der Waals surface area contributed by atoms with Crippen LogP contribution >= 0.6 is 0 Å². The van der Waals surface area contributed by atoms with E-state index >= 15 is 0 Å². The van der Waals surface area contributed by atoms with Gasteiger partial charge in [-0.25, -0.2) is 0 Å². The van der Waals surface area contributed by atoms with Gasteiger partial charge in [0.15, 0.2) is 6.10 Å². The van der Waals surface area contributed by atoms with Gasteiger partial charge in [0.25, 0.3) is 0 Å². The number of carbonyl (C=O) groups excluding carboxylic acids is 3. The third-order valence-electron chi connectivity index (χ3n) is 9.38. The fourth-order valence-electron chi connectivity index (χ4n) is 5.92. The first-order valence-corrected chi connectivity index (χ1v) is 23.6. The van der Waals surface area contributed by atoms with Crippen molar-refractivity contribution in [3.63, 3.8) is 0 Å². The Labute approximate surface area is 367 Å².